The highest BCUT2D eigenvalue weighted by molar-refractivity contribution is 5.84. The molecule has 72 valence electrons. The van der Waals surface area contributed by atoms with Gasteiger partial charge in [-0.15, -0.1) is 0 Å². The van der Waals surface area contributed by atoms with Crippen molar-refractivity contribution < 1.29 is 14.3 Å². The first-order valence-corrected chi connectivity index (χ1v) is 3.86. The van der Waals surface area contributed by atoms with Crippen molar-refractivity contribution in [1.29, 1.82) is 0 Å². The maximum Gasteiger partial charge on any atom is 0.373 e. The number of aromatic nitrogens is 3. The molecule has 0 unspecified atom stereocenters. The number of hydrogen-bond acceptors (Lipinski definition) is 4. The smallest absolute Gasteiger partial charge is 0.373 e. The summed E-state index contributed by atoms with van der Waals surface area (Å²) < 4.78 is 6.55. The lowest BCUT2D eigenvalue weighted by atomic mass is 10.4. The summed E-state index contributed by atoms with van der Waals surface area (Å²) in [5, 5.41) is 12.5. The molecule has 0 saturated carbocycles. The van der Waals surface area contributed by atoms with Crippen molar-refractivity contribution in [3.63, 3.8) is 0 Å². The van der Waals surface area contributed by atoms with Gasteiger partial charge in [0.25, 0.3) is 0 Å². The zero-order chi connectivity index (χ0) is 10.1. The van der Waals surface area contributed by atoms with Crippen molar-refractivity contribution in [2.75, 3.05) is 0 Å². The molecule has 0 saturated heterocycles. The van der Waals surface area contributed by atoms with Gasteiger partial charge in [-0.2, -0.15) is 5.10 Å². The molecule has 2 aromatic rings. The van der Waals surface area contributed by atoms with E-state index < -0.39 is 5.97 Å². The van der Waals surface area contributed by atoms with Crippen LogP contribution in [0, 0.1) is 0 Å². The molecule has 2 rings (SSSR count). The van der Waals surface area contributed by atoms with Gasteiger partial charge < -0.3 is 9.52 Å². The second kappa shape index (κ2) is 2.99. The van der Waals surface area contributed by atoms with Crippen LogP contribution in [0.4, 0.5) is 0 Å². The van der Waals surface area contributed by atoms with Crippen LogP contribution in [-0.2, 0) is 7.05 Å². The van der Waals surface area contributed by atoms with Gasteiger partial charge in [-0.25, -0.2) is 9.78 Å². The van der Waals surface area contributed by atoms with Crippen LogP contribution < -0.4 is 0 Å². The maximum absolute atomic E-state index is 10.5. The summed E-state index contributed by atoms with van der Waals surface area (Å²) in [6.45, 7) is 0. The summed E-state index contributed by atoms with van der Waals surface area (Å²) in [6.07, 6.45) is 2.75. The molecule has 0 bridgehead atoms. The van der Waals surface area contributed by atoms with Crippen molar-refractivity contribution in [1.82, 2.24) is 14.8 Å². The Bertz CT molecular complexity index is 472. The van der Waals surface area contributed by atoms with Crippen LogP contribution in [0.25, 0.3) is 11.6 Å². The molecular weight excluding hydrogens is 186 g/mol. The Morgan fingerprint density at radius 1 is 1.64 bits per heavy atom. The predicted octanol–water partition coefficient (Wildman–Crippen LogP) is 0.773. The second-order valence-electron chi connectivity index (χ2n) is 2.67. The minimum Gasteiger partial charge on any atom is -0.475 e. The third-order valence-corrected chi connectivity index (χ3v) is 1.76. The largest absolute Gasteiger partial charge is 0.475 e. The van der Waals surface area contributed by atoms with Gasteiger partial charge in [0.15, 0.2) is 0 Å². The van der Waals surface area contributed by atoms with Gasteiger partial charge in [0, 0.05) is 13.2 Å². The number of oxazole rings is 1. The van der Waals surface area contributed by atoms with Gasteiger partial charge in [0.1, 0.15) is 5.69 Å². The van der Waals surface area contributed by atoms with Crippen LogP contribution in [0.3, 0.4) is 0 Å². The lowest BCUT2D eigenvalue weighted by Crippen LogP contribution is -1.93. The molecule has 0 amide bonds. The van der Waals surface area contributed by atoms with Crippen molar-refractivity contribution in [3.8, 4) is 11.6 Å². The van der Waals surface area contributed by atoms with Crippen molar-refractivity contribution in [3.05, 3.63) is 24.2 Å². The summed E-state index contributed by atoms with van der Waals surface area (Å²) in [7, 11) is 1.72. The normalized spacial score (nSPS) is 10.4. The van der Waals surface area contributed by atoms with Crippen molar-refractivity contribution >= 4 is 5.97 Å². The maximum atomic E-state index is 10.5. The molecule has 2 heterocycles. The fourth-order valence-electron chi connectivity index (χ4n) is 1.08. The molecular formula is C8H7N3O3. The number of aryl methyl sites for hydroxylation is 1. The molecule has 1 N–H and O–H groups in total. The first-order valence-electron chi connectivity index (χ1n) is 3.86. The number of carboxylic acid groups (broad SMARTS) is 1. The highest BCUT2D eigenvalue weighted by atomic mass is 16.4. The van der Waals surface area contributed by atoms with Gasteiger partial charge in [0.2, 0.25) is 11.7 Å². The Balaban J connectivity index is 2.43. The van der Waals surface area contributed by atoms with E-state index in [1.165, 1.54) is 6.20 Å². The van der Waals surface area contributed by atoms with Gasteiger partial charge in [-0.1, -0.05) is 0 Å². The zero-order valence-corrected chi connectivity index (χ0v) is 7.34. The van der Waals surface area contributed by atoms with E-state index in [2.05, 4.69) is 10.1 Å². The van der Waals surface area contributed by atoms with Gasteiger partial charge in [0.05, 0.1) is 6.20 Å². The van der Waals surface area contributed by atoms with E-state index in [0.29, 0.717) is 5.69 Å². The van der Waals surface area contributed by atoms with E-state index in [4.69, 9.17) is 9.52 Å². The van der Waals surface area contributed by atoms with E-state index >= 15 is 0 Å². The molecule has 0 aliphatic heterocycles. The van der Waals surface area contributed by atoms with Gasteiger partial charge in [-0.05, 0) is 6.07 Å². The van der Waals surface area contributed by atoms with E-state index in [-0.39, 0.29) is 11.7 Å². The zero-order valence-electron chi connectivity index (χ0n) is 7.34. The Morgan fingerprint density at radius 3 is 2.93 bits per heavy atom. The predicted molar refractivity (Wildman–Crippen MR) is 45.7 cm³/mol. The molecule has 0 aromatic carbocycles. The summed E-state index contributed by atoms with van der Waals surface area (Å²) in [5.41, 5.74) is 0.637. The van der Waals surface area contributed by atoms with Crippen molar-refractivity contribution in [2.45, 2.75) is 0 Å². The number of carboxylic acids is 1. The molecule has 6 heteroatoms. The Labute approximate surface area is 78.8 Å². The van der Waals surface area contributed by atoms with Crippen LogP contribution in [0.1, 0.15) is 10.6 Å². The minimum atomic E-state index is -1.13. The molecule has 0 atom stereocenters. The van der Waals surface area contributed by atoms with Crippen LogP contribution in [0.5, 0.6) is 0 Å². The Morgan fingerprint density at radius 2 is 2.43 bits per heavy atom. The van der Waals surface area contributed by atoms with Crippen molar-refractivity contribution in [2.24, 2.45) is 7.05 Å². The van der Waals surface area contributed by atoms with E-state index in [1.807, 2.05) is 0 Å². The molecule has 0 spiro atoms. The van der Waals surface area contributed by atoms with E-state index in [9.17, 15) is 4.79 Å². The lowest BCUT2D eigenvalue weighted by molar-refractivity contribution is 0.0663. The molecule has 0 fully saturated rings. The molecule has 2 aromatic heterocycles. The van der Waals surface area contributed by atoms with Gasteiger partial charge >= 0.3 is 5.97 Å². The Hall–Kier alpha value is -2.11. The van der Waals surface area contributed by atoms with E-state index in [0.717, 1.165) is 0 Å². The third-order valence-electron chi connectivity index (χ3n) is 1.76. The second-order valence-corrected chi connectivity index (χ2v) is 2.67. The number of carbonyl (C=O) groups is 1. The van der Waals surface area contributed by atoms with Crippen LogP contribution in [0.2, 0.25) is 0 Å². The van der Waals surface area contributed by atoms with Crippen LogP contribution in [0.15, 0.2) is 22.9 Å². The lowest BCUT2D eigenvalue weighted by Gasteiger charge is -1.94. The fraction of sp³-hybridized carbons (Fsp3) is 0.125. The highest BCUT2D eigenvalue weighted by Crippen LogP contribution is 2.17. The van der Waals surface area contributed by atoms with Crippen LogP contribution >= 0.6 is 0 Å². The van der Waals surface area contributed by atoms with Gasteiger partial charge in [-0.3, -0.25) is 4.68 Å². The summed E-state index contributed by atoms with van der Waals surface area (Å²) in [4.78, 5) is 14.3. The SMILES string of the molecule is Cn1nccc1-c1ncc(C(=O)O)o1. The topological polar surface area (TPSA) is 81.2 Å². The first kappa shape index (κ1) is 8.49. The number of aromatic carboxylic acids is 1. The third kappa shape index (κ3) is 1.26. The van der Waals surface area contributed by atoms with Crippen LogP contribution in [-0.4, -0.2) is 25.8 Å². The summed E-state index contributed by atoms with van der Waals surface area (Å²) in [6, 6.07) is 1.69. The summed E-state index contributed by atoms with van der Waals surface area (Å²) in [5.74, 6) is -1.06. The first-order chi connectivity index (χ1) is 6.68. The average Bonchev–Trinajstić information content (AvgIpc) is 2.71. The number of nitrogens with zero attached hydrogens (tertiary/aromatic N) is 3. The summed E-state index contributed by atoms with van der Waals surface area (Å²) >= 11 is 0. The molecule has 0 radical (unpaired) electrons. The fourth-order valence-corrected chi connectivity index (χ4v) is 1.08. The molecule has 14 heavy (non-hydrogen) atoms. The minimum absolute atomic E-state index is 0.179. The molecule has 0 aliphatic carbocycles. The molecule has 0 aliphatic rings. The van der Waals surface area contributed by atoms with E-state index in [1.54, 1.807) is 24.0 Å². The quantitative estimate of drug-likeness (QED) is 0.761. The highest BCUT2D eigenvalue weighted by Gasteiger charge is 2.13. The average molecular weight is 193 g/mol. The number of rotatable bonds is 2. The monoisotopic (exact) mass is 193 g/mol. The Kier molecular flexibility index (Phi) is 1.81. The number of hydrogen-bond donors (Lipinski definition) is 1. The molecule has 6 nitrogen and oxygen atoms in total. The standard InChI is InChI=1S/C8H7N3O3/c1-11-5(2-3-10-11)7-9-4-6(14-7)8(12)13/h2-4H,1H3,(H,12,13).